The van der Waals surface area contributed by atoms with Gasteiger partial charge in [0.25, 0.3) is 0 Å². The number of halogens is 1. The summed E-state index contributed by atoms with van der Waals surface area (Å²) in [6, 6.07) is 5.15. The van der Waals surface area contributed by atoms with E-state index in [0.29, 0.717) is 30.4 Å². The van der Waals surface area contributed by atoms with E-state index in [9.17, 15) is 9.18 Å². The molecule has 0 fully saturated rings. The van der Waals surface area contributed by atoms with Crippen molar-refractivity contribution in [3.05, 3.63) is 48.0 Å². The number of urea groups is 1. The van der Waals surface area contributed by atoms with Crippen LogP contribution < -0.4 is 20.7 Å². The van der Waals surface area contributed by atoms with Crippen molar-refractivity contribution in [1.29, 1.82) is 0 Å². The monoisotopic (exact) mass is 333 g/mol. The van der Waals surface area contributed by atoms with Gasteiger partial charge < -0.3 is 20.7 Å². The number of ether oxygens (including phenoxy) is 1. The van der Waals surface area contributed by atoms with Crippen LogP contribution in [-0.2, 0) is 0 Å². The summed E-state index contributed by atoms with van der Waals surface area (Å²) in [6.45, 7) is 2.62. The van der Waals surface area contributed by atoms with Crippen LogP contribution in [0.3, 0.4) is 0 Å². The number of amides is 2. The van der Waals surface area contributed by atoms with Crippen molar-refractivity contribution < 1.29 is 13.9 Å². The summed E-state index contributed by atoms with van der Waals surface area (Å²) in [5, 5.41) is 8.42. The van der Waals surface area contributed by atoms with Crippen molar-refractivity contribution in [2.45, 2.75) is 13.0 Å². The largest absolute Gasteiger partial charge is 0.496 e. The van der Waals surface area contributed by atoms with Crippen LogP contribution in [-0.4, -0.2) is 36.2 Å². The third kappa shape index (κ3) is 5.08. The zero-order valence-corrected chi connectivity index (χ0v) is 13.5. The predicted molar refractivity (Wildman–Crippen MR) is 88.4 cm³/mol. The van der Waals surface area contributed by atoms with E-state index >= 15 is 0 Å². The van der Waals surface area contributed by atoms with E-state index in [4.69, 9.17) is 4.74 Å². The van der Waals surface area contributed by atoms with E-state index in [1.54, 1.807) is 25.4 Å². The molecular formula is C16H20FN5O2. The lowest BCUT2D eigenvalue weighted by Crippen LogP contribution is -2.39. The van der Waals surface area contributed by atoms with Crippen molar-refractivity contribution in [1.82, 2.24) is 20.6 Å². The van der Waals surface area contributed by atoms with Gasteiger partial charge in [0.2, 0.25) is 5.95 Å². The molecule has 8 heteroatoms. The Morgan fingerprint density at radius 1 is 1.29 bits per heavy atom. The van der Waals surface area contributed by atoms with E-state index in [1.165, 1.54) is 25.3 Å². The molecule has 24 heavy (non-hydrogen) atoms. The Labute approximate surface area is 139 Å². The van der Waals surface area contributed by atoms with Gasteiger partial charge in [-0.05, 0) is 31.2 Å². The molecule has 0 spiro atoms. The van der Waals surface area contributed by atoms with Crippen molar-refractivity contribution in [3.63, 3.8) is 0 Å². The van der Waals surface area contributed by atoms with Gasteiger partial charge in [-0.1, -0.05) is 0 Å². The molecule has 1 heterocycles. The lowest BCUT2D eigenvalue weighted by molar-refractivity contribution is 0.238. The quantitative estimate of drug-likeness (QED) is 0.675. The van der Waals surface area contributed by atoms with Crippen LogP contribution in [0.5, 0.6) is 5.75 Å². The second-order valence-electron chi connectivity index (χ2n) is 5.01. The van der Waals surface area contributed by atoms with Gasteiger partial charge in [-0.15, -0.1) is 0 Å². The lowest BCUT2D eigenvalue weighted by Gasteiger charge is -2.18. The highest BCUT2D eigenvalue weighted by Gasteiger charge is 2.14. The fraction of sp³-hybridized carbons (Fsp3) is 0.312. The van der Waals surface area contributed by atoms with Crippen LogP contribution in [0.2, 0.25) is 0 Å². The van der Waals surface area contributed by atoms with Crippen molar-refractivity contribution in [2.75, 3.05) is 25.5 Å². The normalized spacial score (nSPS) is 11.5. The van der Waals surface area contributed by atoms with Crippen LogP contribution in [0.25, 0.3) is 0 Å². The number of methoxy groups -OCH3 is 1. The smallest absolute Gasteiger partial charge is 0.315 e. The van der Waals surface area contributed by atoms with Gasteiger partial charge in [0, 0.05) is 31.0 Å². The number of hydrogen-bond acceptors (Lipinski definition) is 5. The molecule has 1 atom stereocenters. The van der Waals surface area contributed by atoms with Gasteiger partial charge >= 0.3 is 6.03 Å². The number of nitrogens with one attached hydrogen (secondary N) is 3. The Morgan fingerprint density at radius 3 is 2.75 bits per heavy atom. The third-order valence-corrected chi connectivity index (χ3v) is 3.27. The van der Waals surface area contributed by atoms with Gasteiger partial charge in [-0.2, -0.15) is 0 Å². The van der Waals surface area contributed by atoms with E-state index < -0.39 is 6.04 Å². The molecule has 3 N–H and O–H groups in total. The first-order valence-electron chi connectivity index (χ1n) is 7.49. The molecule has 0 bridgehead atoms. The highest BCUT2D eigenvalue weighted by Crippen LogP contribution is 2.25. The molecule has 0 aliphatic rings. The standard InChI is InChI=1S/C16H20FN5O2/c1-11(13-10-12(17)4-5-14(13)24-2)22-16(23)21-9-8-20-15-18-6-3-7-19-15/h3-7,10-11H,8-9H2,1-2H3,(H,18,19,20)(H2,21,22,23). The first-order chi connectivity index (χ1) is 11.6. The lowest BCUT2D eigenvalue weighted by atomic mass is 10.1. The van der Waals surface area contributed by atoms with Gasteiger partial charge in [0.15, 0.2) is 0 Å². The summed E-state index contributed by atoms with van der Waals surface area (Å²) >= 11 is 0. The average Bonchev–Trinajstić information content (AvgIpc) is 2.59. The molecule has 2 rings (SSSR count). The fourth-order valence-electron chi connectivity index (χ4n) is 2.11. The van der Waals surface area contributed by atoms with Gasteiger partial charge in [-0.3, -0.25) is 0 Å². The maximum absolute atomic E-state index is 13.4. The number of rotatable bonds is 7. The van der Waals surface area contributed by atoms with Crippen LogP contribution in [0.4, 0.5) is 15.1 Å². The van der Waals surface area contributed by atoms with Gasteiger partial charge in [0.1, 0.15) is 11.6 Å². The molecule has 2 amide bonds. The Bertz CT molecular complexity index is 669. The Hall–Kier alpha value is -2.90. The van der Waals surface area contributed by atoms with Gasteiger partial charge in [-0.25, -0.2) is 19.2 Å². The maximum Gasteiger partial charge on any atom is 0.315 e. The van der Waals surface area contributed by atoms with Crippen molar-refractivity contribution >= 4 is 12.0 Å². The highest BCUT2D eigenvalue weighted by atomic mass is 19.1. The van der Waals surface area contributed by atoms with E-state index in [2.05, 4.69) is 25.9 Å². The summed E-state index contributed by atoms with van der Waals surface area (Å²) in [5.41, 5.74) is 0.573. The van der Waals surface area contributed by atoms with Crippen LogP contribution in [0, 0.1) is 5.82 Å². The molecule has 0 saturated carbocycles. The second kappa shape index (κ2) is 8.66. The Kier molecular flexibility index (Phi) is 6.30. The number of aromatic nitrogens is 2. The molecule has 0 aliphatic heterocycles. The average molecular weight is 333 g/mol. The van der Waals surface area contributed by atoms with E-state index in [1.807, 2.05) is 0 Å². The van der Waals surface area contributed by atoms with Crippen molar-refractivity contribution in [3.8, 4) is 5.75 Å². The summed E-state index contributed by atoms with van der Waals surface area (Å²) in [6.07, 6.45) is 3.26. The molecule has 1 aromatic carbocycles. The summed E-state index contributed by atoms with van der Waals surface area (Å²) in [4.78, 5) is 19.9. The molecule has 0 aliphatic carbocycles. The van der Waals surface area contributed by atoms with Crippen LogP contribution in [0.1, 0.15) is 18.5 Å². The molecule has 1 unspecified atom stereocenters. The zero-order chi connectivity index (χ0) is 17.4. The second-order valence-corrected chi connectivity index (χ2v) is 5.01. The first-order valence-corrected chi connectivity index (χ1v) is 7.49. The Balaban J connectivity index is 1.78. The van der Waals surface area contributed by atoms with Crippen LogP contribution in [0.15, 0.2) is 36.7 Å². The molecule has 0 saturated heterocycles. The molecular weight excluding hydrogens is 313 g/mol. The maximum atomic E-state index is 13.4. The zero-order valence-electron chi connectivity index (χ0n) is 13.5. The van der Waals surface area contributed by atoms with Crippen molar-refractivity contribution in [2.24, 2.45) is 0 Å². The third-order valence-electron chi connectivity index (χ3n) is 3.27. The predicted octanol–water partition coefficient (Wildman–Crippen LogP) is 2.10. The SMILES string of the molecule is COc1ccc(F)cc1C(C)NC(=O)NCCNc1ncccn1. The van der Waals surface area contributed by atoms with E-state index in [-0.39, 0.29) is 11.8 Å². The minimum atomic E-state index is -0.402. The summed E-state index contributed by atoms with van der Waals surface area (Å²) < 4.78 is 18.6. The number of anilines is 1. The summed E-state index contributed by atoms with van der Waals surface area (Å²) in [7, 11) is 1.50. The molecule has 2 aromatic rings. The molecule has 1 aromatic heterocycles. The molecule has 0 radical (unpaired) electrons. The number of carbonyl (C=O) groups excluding carboxylic acids is 1. The minimum Gasteiger partial charge on any atom is -0.496 e. The number of carbonyl (C=O) groups is 1. The molecule has 128 valence electrons. The van der Waals surface area contributed by atoms with E-state index in [0.717, 1.165) is 0 Å². The number of nitrogens with zero attached hydrogens (tertiary/aromatic N) is 2. The van der Waals surface area contributed by atoms with Gasteiger partial charge in [0.05, 0.1) is 13.2 Å². The van der Waals surface area contributed by atoms with Crippen LogP contribution >= 0.6 is 0 Å². The Morgan fingerprint density at radius 2 is 2.04 bits per heavy atom. The number of benzene rings is 1. The number of hydrogen-bond donors (Lipinski definition) is 3. The molecule has 7 nitrogen and oxygen atoms in total. The first kappa shape index (κ1) is 17.5. The fourth-order valence-corrected chi connectivity index (χ4v) is 2.11. The topological polar surface area (TPSA) is 88.2 Å². The summed E-state index contributed by atoms with van der Waals surface area (Å²) in [5.74, 6) is 0.636. The minimum absolute atomic E-state index is 0.357. The highest BCUT2D eigenvalue weighted by molar-refractivity contribution is 5.74.